The normalized spacial score (nSPS) is 13.2. The number of hydrogen-bond donors (Lipinski definition) is 0. The third-order valence-corrected chi connectivity index (χ3v) is 6.77. The molecule has 0 unspecified atom stereocenters. The number of rotatable bonds is 5. The molecule has 0 saturated carbocycles. The summed E-state index contributed by atoms with van der Waals surface area (Å²) < 4.78 is 38.6. The molecule has 0 N–H and O–H groups in total. The van der Waals surface area contributed by atoms with Gasteiger partial charge in [-0.2, -0.15) is 22.9 Å². The number of carbonyl (C=O) groups is 2. The summed E-state index contributed by atoms with van der Waals surface area (Å²) in [6.45, 7) is 0.861. The highest BCUT2D eigenvalue weighted by Crippen LogP contribution is 2.34. The molecule has 5 aromatic rings. The van der Waals surface area contributed by atoms with Crippen molar-refractivity contribution in [2.24, 2.45) is 0 Å². The monoisotopic (exact) mass is 544 g/mol. The zero-order chi connectivity index (χ0) is 28.0. The van der Waals surface area contributed by atoms with Crippen molar-refractivity contribution in [3.8, 4) is 11.1 Å². The van der Waals surface area contributed by atoms with E-state index >= 15 is 0 Å². The van der Waals surface area contributed by atoms with Crippen LogP contribution in [0.3, 0.4) is 0 Å². The number of hydrogen-bond acceptors (Lipinski definition) is 6. The second-order valence-electron chi connectivity index (χ2n) is 9.30. The lowest BCUT2D eigenvalue weighted by Crippen LogP contribution is -2.34. The van der Waals surface area contributed by atoms with Crippen LogP contribution in [0.25, 0.3) is 32.9 Å². The minimum atomic E-state index is -5.23. The summed E-state index contributed by atoms with van der Waals surface area (Å²) in [5, 5.41) is 0.966. The highest BCUT2D eigenvalue weighted by molar-refractivity contribution is 6.05. The number of fused-ring (bicyclic) bond motifs is 3. The Morgan fingerprint density at radius 2 is 1.80 bits per heavy atom. The minimum Gasteiger partial charge on any atom is -0.334 e. The van der Waals surface area contributed by atoms with Crippen LogP contribution in [0.5, 0.6) is 0 Å². The molecular formula is C29H19F3N4O4. The third kappa shape index (κ3) is 4.55. The quantitative estimate of drug-likeness (QED) is 0.327. The van der Waals surface area contributed by atoms with Gasteiger partial charge in [-0.05, 0) is 41.0 Å². The number of alkyl halides is 3. The summed E-state index contributed by atoms with van der Waals surface area (Å²) in [6.07, 6.45) is -3.95. The molecular weight excluding hydrogens is 525 g/mol. The number of nitrogens with zero attached hydrogens (tertiary/aromatic N) is 4. The summed E-state index contributed by atoms with van der Waals surface area (Å²) in [6, 6.07) is 21.5. The van der Waals surface area contributed by atoms with E-state index in [1.807, 2.05) is 42.5 Å². The summed E-state index contributed by atoms with van der Waals surface area (Å²) in [5.74, 6) is -2.62. The first-order valence-corrected chi connectivity index (χ1v) is 12.3. The van der Waals surface area contributed by atoms with Gasteiger partial charge < -0.3 is 9.74 Å². The molecule has 3 aromatic carbocycles. The van der Waals surface area contributed by atoms with Crippen molar-refractivity contribution in [1.29, 1.82) is 0 Å². The van der Waals surface area contributed by atoms with Crippen LogP contribution in [0, 0.1) is 0 Å². The number of amides is 1. The average Bonchev–Trinajstić information content (AvgIpc) is 3.28. The third-order valence-electron chi connectivity index (χ3n) is 6.77. The van der Waals surface area contributed by atoms with Gasteiger partial charge in [-0.25, -0.2) is 4.79 Å². The van der Waals surface area contributed by atoms with Gasteiger partial charge >= 0.3 is 12.1 Å². The van der Waals surface area contributed by atoms with E-state index in [0.29, 0.717) is 47.3 Å². The fourth-order valence-electron chi connectivity index (χ4n) is 4.86. The fraction of sp³-hybridized carbons (Fsp3) is 0.138. The Morgan fingerprint density at radius 3 is 2.62 bits per heavy atom. The van der Waals surface area contributed by atoms with E-state index < -0.39 is 17.7 Å². The lowest BCUT2D eigenvalue weighted by atomic mass is 9.96. The second kappa shape index (κ2) is 9.60. The Balaban J connectivity index is 1.28. The van der Waals surface area contributed by atoms with Gasteiger partial charge in [0.2, 0.25) is 0 Å². The lowest BCUT2D eigenvalue weighted by Gasteiger charge is -2.16. The average molecular weight is 544 g/mol. The Kier molecular flexibility index (Phi) is 6.05. The predicted molar refractivity (Wildman–Crippen MR) is 139 cm³/mol. The number of benzene rings is 3. The predicted octanol–water partition coefficient (Wildman–Crippen LogP) is 4.33. The molecule has 2 aromatic heterocycles. The van der Waals surface area contributed by atoms with E-state index in [0.717, 1.165) is 22.2 Å². The Bertz CT molecular complexity index is 1880. The van der Waals surface area contributed by atoms with Gasteiger partial charge in [0.25, 0.3) is 11.5 Å². The van der Waals surface area contributed by atoms with E-state index in [1.54, 1.807) is 23.1 Å². The zero-order valence-electron chi connectivity index (χ0n) is 20.7. The van der Waals surface area contributed by atoms with Gasteiger partial charge in [0.15, 0.2) is 0 Å². The molecule has 0 atom stereocenters. The first-order valence-electron chi connectivity index (χ1n) is 12.3. The van der Waals surface area contributed by atoms with Crippen molar-refractivity contribution in [2.75, 3.05) is 6.54 Å². The molecule has 1 aliphatic heterocycles. The Morgan fingerprint density at radius 1 is 0.975 bits per heavy atom. The highest BCUT2D eigenvalue weighted by atomic mass is 19.4. The molecule has 200 valence electrons. The summed E-state index contributed by atoms with van der Waals surface area (Å²) >= 11 is 0. The van der Waals surface area contributed by atoms with Crippen molar-refractivity contribution in [3.63, 3.8) is 0 Å². The van der Waals surface area contributed by atoms with Crippen LogP contribution in [-0.2, 0) is 17.8 Å². The number of aromatic nitrogens is 3. The van der Waals surface area contributed by atoms with E-state index in [4.69, 9.17) is 0 Å². The fourth-order valence-corrected chi connectivity index (χ4v) is 4.86. The number of para-hydroxylation sites is 1. The standard InChI is InChI=1S/C29H19F3N4O4/c30-29(31,32)28(39)40-36-16-33-26(37)22-14-18(9-11-24(22)36)21-6-3-5-19-15-35(27(38)25(19)21)13-12-20-10-8-17-4-1-2-7-23(17)34-20/h1-11,14,16H,12-13,15H2. The first-order chi connectivity index (χ1) is 19.2. The van der Waals surface area contributed by atoms with Crippen LogP contribution in [0.1, 0.15) is 21.6 Å². The maximum absolute atomic E-state index is 13.5. The van der Waals surface area contributed by atoms with Gasteiger partial charge in [-0.1, -0.05) is 48.5 Å². The topological polar surface area (TPSA) is 94.4 Å². The van der Waals surface area contributed by atoms with E-state index in [9.17, 15) is 27.6 Å². The van der Waals surface area contributed by atoms with Crippen molar-refractivity contribution in [3.05, 3.63) is 106 Å². The zero-order valence-corrected chi connectivity index (χ0v) is 20.7. The molecule has 0 spiro atoms. The van der Waals surface area contributed by atoms with Gasteiger partial charge in [0.1, 0.15) is 6.33 Å². The molecule has 11 heteroatoms. The van der Waals surface area contributed by atoms with Crippen molar-refractivity contribution < 1.29 is 27.6 Å². The molecule has 6 rings (SSSR count). The van der Waals surface area contributed by atoms with Crippen LogP contribution in [0.2, 0.25) is 0 Å². The molecule has 1 amide bonds. The largest absolute Gasteiger partial charge is 0.493 e. The van der Waals surface area contributed by atoms with Gasteiger partial charge in [-0.3, -0.25) is 14.6 Å². The van der Waals surface area contributed by atoms with E-state index in [-0.39, 0.29) is 16.8 Å². The Labute approximate surface area is 224 Å². The Hall–Kier alpha value is -5.06. The van der Waals surface area contributed by atoms with Crippen LogP contribution in [0.15, 0.2) is 83.9 Å². The van der Waals surface area contributed by atoms with Crippen LogP contribution >= 0.6 is 0 Å². The number of pyridine rings is 1. The maximum Gasteiger partial charge on any atom is 0.493 e. The molecule has 0 bridgehead atoms. The van der Waals surface area contributed by atoms with Crippen molar-refractivity contribution in [1.82, 2.24) is 19.6 Å². The van der Waals surface area contributed by atoms with Gasteiger partial charge in [0.05, 0.1) is 22.0 Å². The maximum atomic E-state index is 13.5. The van der Waals surface area contributed by atoms with E-state index in [1.165, 1.54) is 12.1 Å². The lowest BCUT2D eigenvalue weighted by molar-refractivity contribution is -0.199. The van der Waals surface area contributed by atoms with Crippen molar-refractivity contribution >= 4 is 33.7 Å². The van der Waals surface area contributed by atoms with Gasteiger partial charge in [-0.15, -0.1) is 0 Å². The second-order valence-corrected chi connectivity index (χ2v) is 9.30. The summed E-state index contributed by atoms with van der Waals surface area (Å²) in [4.78, 5) is 51.6. The molecule has 0 saturated heterocycles. The van der Waals surface area contributed by atoms with E-state index in [2.05, 4.69) is 14.8 Å². The van der Waals surface area contributed by atoms with Gasteiger partial charge in [0, 0.05) is 30.6 Å². The molecule has 40 heavy (non-hydrogen) atoms. The molecule has 0 aliphatic carbocycles. The number of carbonyl (C=O) groups excluding carboxylic acids is 2. The minimum absolute atomic E-state index is 0.0720. The smallest absolute Gasteiger partial charge is 0.334 e. The number of halogens is 3. The molecule has 1 aliphatic rings. The van der Waals surface area contributed by atoms with Crippen LogP contribution < -0.4 is 10.4 Å². The molecule has 3 heterocycles. The summed E-state index contributed by atoms with van der Waals surface area (Å²) in [7, 11) is 0. The molecule has 8 nitrogen and oxygen atoms in total. The van der Waals surface area contributed by atoms with Crippen LogP contribution in [0.4, 0.5) is 13.2 Å². The first kappa shape index (κ1) is 25.2. The summed E-state index contributed by atoms with van der Waals surface area (Å²) in [5.41, 5.74) is 3.32. The molecule has 0 fully saturated rings. The van der Waals surface area contributed by atoms with Crippen molar-refractivity contribution in [2.45, 2.75) is 19.1 Å². The molecule has 0 radical (unpaired) electrons. The highest BCUT2D eigenvalue weighted by Gasteiger charge is 2.42. The van der Waals surface area contributed by atoms with Crippen LogP contribution in [-0.4, -0.2) is 44.2 Å². The SMILES string of the molecule is O=C1c2c(cccc2-c2ccc3c(c2)c(=O)ncn3OC(=O)C(F)(F)F)CN1CCc1ccc2ccccc2n1.